The second-order valence-electron chi connectivity index (χ2n) is 3.71. The van der Waals surface area contributed by atoms with Crippen molar-refractivity contribution in [3.05, 3.63) is 29.3 Å². The predicted molar refractivity (Wildman–Crippen MR) is 55.8 cm³/mol. The zero-order valence-corrected chi connectivity index (χ0v) is 8.75. The molecule has 1 fully saturated rings. The zero-order chi connectivity index (χ0) is 9.97. The molecule has 0 radical (unpaired) electrons. The van der Waals surface area contributed by atoms with Gasteiger partial charge in [-0.15, -0.1) is 0 Å². The van der Waals surface area contributed by atoms with E-state index >= 15 is 0 Å². The van der Waals surface area contributed by atoms with Gasteiger partial charge in [0.1, 0.15) is 18.5 Å². The van der Waals surface area contributed by atoms with Gasteiger partial charge in [-0.05, 0) is 36.6 Å². The van der Waals surface area contributed by atoms with E-state index in [1.165, 1.54) is 11.1 Å². The lowest BCUT2D eigenvalue weighted by Crippen LogP contribution is -2.04. The van der Waals surface area contributed by atoms with Crippen LogP contribution in [0.2, 0.25) is 0 Å². The molecule has 0 N–H and O–H groups in total. The Morgan fingerprint density at radius 2 is 2.29 bits per heavy atom. The minimum absolute atomic E-state index is 0.334. The quantitative estimate of drug-likeness (QED) is 0.683. The number of hydrogen-bond acceptors (Lipinski definition) is 2. The van der Waals surface area contributed by atoms with Crippen molar-refractivity contribution in [2.24, 2.45) is 0 Å². The monoisotopic (exact) mass is 192 g/mol. The Labute approximate surface area is 84.8 Å². The molecule has 14 heavy (non-hydrogen) atoms. The van der Waals surface area contributed by atoms with Crippen LogP contribution < -0.4 is 4.74 Å². The first-order valence-electron chi connectivity index (χ1n) is 5.13. The first-order valence-corrected chi connectivity index (χ1v) is 5.13. The summed E-state index contributed by atoms with van der Waals surface area (Å²) in [6, 6.07) is 6.27. The second-order valence-corrected chi connectivity index (χ2v) is 3.71. The van der Waals surface area contributed by atoms with Crippen molar-refractivity contribution in [1.82, 2.24) is 0 Å². The van der Waals surface area contributed by atoms with Gasteiger partial charge >= 0.3 is 0 Å². The minimum atomic E-state index is 0.334. The lowest BCUT2D eigenvalue weighted by atomic mass is 10.1. The highest BCUT2D eigenvalue weighted by atomic mass is 16.6. The summed E-state index contributed by atoms with van der Waals surface area (Å²) >= 11 is 0. The molecule has 1 aliphatic rings. The standard InChI is InChI=1S/C12H16O2/c1-3-10-4-5-11(6-9(10)2)13-7-12-8-14-12/h4-6,12H,3,7-8H2,1-2H3. The van der Waals surface area contributed by atoms with Crippen LogP contribution in [-0.4, -0.2) is 19.3 Å². The van der Waals surface area contributed by atoms with E-state index in [0.717, 1.165) is 18.8 Å². The first kappa shape index (κ1) is 9.53. The van der Waals surface area contributed by atoms with E-state index in [9.17, 15) is 0 Å². The van der Waals surface area contributed by atoms with Crippen LogP contribution in [0.4, 0.5) is 0 Å². The van der Waals surface area contributed by atoms with Crippen LogP contribution in [0.3, 0.4) is 0 Å². The molecule has 1 saturated heterocycles. The van der Waals surface area contributed by atoms with Crippen LogP contribution in [0.1, 0.15) is 18.1 Å². The lowest BCUT2D eigenvalue weighted by molar-refractivity contribution is 0.263. The minimum Gasteiger partial charge on any atom is -0.491 e. The predicted octanol–water partition coefficient (Wildman–Crippen LogP) is 2.34. The van der Waals surface area contributed by atoms with Gasteiger partial charge in [0.05, 0.1) is 6.61 Å². The number of benzene rings is 1. The van der Waals surface area contributed by atoms with E-state index < -0.39 is 0 Å². The highest BCUT2D eigenvalue weighted by molar-refractivity contribution is 5.34. The Morgan fingerprint density at radius 1 is 1.50 bits per heavy atom. The van der Waals surface area contributed by atoms with Gasteiger partial charge in [-0.1, -0.05) is 13.0 Å². The molecular formula is C12H16O2. The third-order valence-corrected chi connectivity index (χ3v) is 2.53. The fourth-order valence-corrected chi connectivity index (χ4v) is 1.51. The van der Waals surface area contributed by atoms with Crippen LogP contribution in [0.15, 0.2) is 18.2 Å². The normalized spacial score (nSPS) is 19.4. The maximum atomic E-state index is 5.59. The molecule has 0 aromatic heterocycles. The van der Waals surface area contributed by atoms with Gasteiger partial charge in [-0.25, -0.2) is 0 Å². The van der Waals surface area contributed by atoms with Crippen LogP contribution in [0.5, 0.6) is 5.75 Å². The number of epoxide rings is 1. The third-order valence-electron chi connectivity index (χ3n) is 2.53. The van der Waals surface area contributed by atoms with Gasteiger partial charge in [0.15, 0.2) is 0 Å². The molecule has 1 unspecified atom stereocenters. The van der Waals surface area contributed by atoms with Gasteiger partial charge in [0.25, 0.3) is 0 Å². The van der Waals surface area contributed by atoms with Gasteiger partial charge in [0.2, 0.25) is 0 Å². The largest absolute Gasteiger partial charge is 0.491 e. The Kier molecular flexibility index (Phi) is 2.73. The van der Waals surface area contributed by atoms with Crippen molar-refractivity contribution in [2.75, 3.05) is 13.2 Å². The smallest absolute Gasteiger partial charge is 0.119 e. The molecule has 1 aromatic carbocycles. The van der Waals surface area contributed by atoms with Crippen molar-refractivity contribution in [3.8, 4) is 5.75 Å². The average Bonchev–Trinajstić information content (AvgIpc) is 2.98. The van der Waals surface area contributed by atoms with Crippen molar-refractivity contribution in [1.29, 1.82) is 0 Å². The fourth-order valence-electron chi connectivity index (χ4n) is 1.51. The molecule has 0 amide bonds. The summed E-state index contributed by atoms with van der Waals surface area (Å²) in [7, 11) is 0. The van der Waals surface area contributed by atoms with Crippen LogP contribution in [-0.2, 0) is 11.2 Å². The summed E-state index contributed by atoms with van der Waals surface area (Å²) in [6.07, 6.45) is 1.42. The van der Waals surface area contributed by atoms with Crippen molar-refractivity contribution < 1.29 is 9.47 Å². The van der Waals surface area contributed by atoms with Crippen molar-refractivity contribution >= 4 is 0 Å². The van der Waals surface area contributed by atoms with Gasteiger partial charge in [0, 0.05) is 0 Å². The van der Waals surface area contributed by atoms with E-state index in [0.29, 0.717) is 12.7 Å². The molecule has 0 bridgehead atoms. The molecule has 2 rings (SSSR count). The molecule has 1 aromatic rings. The zero-order valence-electron chi connectivity index (χ0n) is 8.75. The Hall–Kier alpha value is -1.02. The molecule has 2 heteroatoms. The summed E-state index contributed by atoms with van der Waals surface area (Å²) in [5.74, 6) is 0.954. The molecule has 0 spiro atoms. The van der Waals surface area contributed by atoms with E-state index in [4.69, 9.17) is 9.47 Å². The molecule has 76 valence electrons. The van der Waals surface area contributed by atoms with Crippen LogP contribution in [0.25, 0.3) is 0 Å². The highest BCUT2D eigenvalue weighted by Crippen LogP contribution is 2.19. The Morgan fingerprint density at radius 3 is 2.86 bits per heavy atom. The van der Waals surface area contributed by atoms with Crippen LogP contribution >= 0.6 is 0 Å². The van der Waals surface area contributed by atoms with Gasteiger partial charge in [-0.3, -0.25) is 0 Å². The SMILES string of the molecule is CCc1ccc(OCC2CO2)cc1C. The van der Waals surface area contributed by atoms with Gasteiger partial charge in [-0.2, -0.15) is 0 Å². The average molecular weight is 192 g/mol. The molecular weight excluding hydrogens is 176 g/mol. The molecule has 0 aliphatic carbocycles. The number of rotatable bonds is 4. The molecule has 1 atom stereocenters. The summed E-state index contributed by atoms with van der Waals surface area (Å²) < 4.78 is 10.7. The summed E-state index contributed by atoms with van der Waals surface area (Å²) in [5.41, 5.74) is 2.70. The van der Waals surface area contributed by atoms with E-state index in [1.54, 1.807) is 0 Å². The first-order chi connectivity index (χ1) is 6.79. The summed E-state index contributed by atoms with van der Waals surface area (Å²) in [4.78, 5) is 0. The molecule has 0 saturated carbocycles. The topological polar surface area (TPSA) is 21.8 Å². The second kappa shape index (κ2) is 4.01. The van der Waals surface area contributed by atoms with Crippen molar-refractivity contribution in [3.63, 3.8) is 0 Å². The van der Waals surface area contributed by atoms with E-state index in [1.807, 2.05) is 6.07 Å². The van der Waals surface area contributed by atoms with Crippen LogP contribution in [0, 0.1) is 6.92 Å². The fraction of sp³-hybridized carbons (Fsp3) is 0.500. The van der Waals surface area contributed by atoms with E-state index in [2.05, 4.69) is 26.0 Å². The summed E-state index contributed by atoms with van der Waals surface area (Å²) in [5, 5.41) is 0. The summed E-state index contributed by atoms with van der Waals surface area (Å²) in [6.45, 7) is 5.83. The molecule has 1 heterocycles. The lowest BCUT2D eigenvalue weighted by Gasteiger charge is -2.07. The van der Waals surface area contributed by atoms with Crippen molar-refractivity contribution in [2.45, 2.75) is 26.4 Å². The maximum absolute atomic E-state index is 5.59. The number of aryl methyl sites for hydroxylation is 2. The van der Waals surface area contributed by atoms with Gasteiger partial charge < -0.3 is 9.47 Å². The molecule has 2 nitrogen and oxygen atoms in total. The Balaban J connectivity index is 1.99. The number of hydrogen-bond donors (Lipinski definition) is 0. The molecule has 1 aliphatic heterocycles. The Bertz CT molecular complexity index is 316. The highest BCUT2D eigenvalue weighted by Gasteiger charge is 2.22. The maximum Gasteiger partial charge on any atom is 0.119 e. The van der Waals surface area contributed by atoms with E-state index in [-0.39, 0.29) is 0 Å². The number of ether oxygens (including phenoxy) is 2. The third kappa shape index (κ3) is 2.26.